The number of fused-ring (bicyclic) bond motifs is 1. The molecule has 19 heavy (non-hydrogen) atoms. The molecule has 1 aliphatic rings. The number of aliphatic hydroxyl groups is 1. The van der Waals surface area contributed by atoms with E-state index in [0.717, 1.165) is 25.9 Å². The Bertz CT molecular complexity index is 365. The van der Waals surface area contributed by atoms with Gasteiger partial charge in [0.15, 0.2) is 0 Å². The van der Waals surface area contributed by atoms with E-state index in [2.05, 4.69) is 29.2 Å². The normalized spacial score (nSPS) is 18.1. The molecule has 1 aliphatic heterocycles. The fraction of sp³-hybridized carbons (Fsp3) is 0.625. The Morgan fingerprint density at radius 3 is 2.26 bits per heavy atom. The second kappa shape index (κ2) is 7.04. The van der Waals surface area contributed by atoms with Crippen molar-refractivity contribution in [2.24, 2.45) is 0 Å². The fourth-order valence-electron chi connectivity index (χ4n) is 2.55. The van der Waals surface area contributed by atoms with E-state index < -0.39 is 0 Å². The van der Waals surface area contributed by atoms with Crippen molar-refractivity contribution in [2.75, 3.05) is 26.2 Å². The first-order chi connectivity index (χ1) is 9.15. The molecule has 3 nitrogen and oxygen atoms in total. The predicted octanol–water partition coefficient (Wildman–Crippen LogP) is 1.87. The van der Waals surface area contributed by atoms with Crippen molar-refractivity contribution in [2.45, 2.75) is 38.9 Å². The Kier molecular flexibility index (Phi) is 5.37. The Hall–Kier alpha value is -0.900. The highest BCUT2D eigenvalue weighted by Gasteiger charge is 2.16. The van der Waals surface area contributed by atoms with Crippen LogP contribution in [-0.4, -0.2) is 48.5 Å². The van der Waals surface area contributed by atoms with E-state index in [4.69, 9.17) is 4.74 Å². The largest absolute Gasteiger partial charge is 0.389 e. The first kappa shape index (κ1) is 14.5. The van der Waals surface area contributed by atoms with Crippen molar-refractivity contribution in [1.82, 2.24) is 4.90 Å². The van der Waals surface area contributed by atoms with Crippen molar-refractivity contribution < 1.29 is 9.84 Å². The topological polar surface area (TPSA) is 32.7 Å². The Labute approximate surface area is 116 Å². The lowest BCUT2D eigenvalue weighted by Crippen LogP contribution is -2.37. The summed E-state index contributed by atoms with van der Waals surface area (Å²) in [5, 5.41) is 9.99. The molecular weight excluding hydrogens is 238 g/mol. The molecular formula is C16H25NO2. The van der Waals surface area contributed by atoms with Crippen LogP contribution in [0.25, 0.3) is 0 Å². The van der Waals surface area contributed by atoms with Gasteiger partial charge in [-0.05, 0) is 37.8 Å². The van der Waals surface area contributed by atoms with Crippen LogP contribution in [0, 0.1) is 0 Å². The quantitative estimate of drug-likeness (QED) is 0.880. The maximum absolute atomic E-state index is 9.99. The monoisotopic (exact) mass is 263 g/mol. The molecule has 1 aromatic carbocycles. The Morgan fingerprint density at radius 2 is 1.74 bits per heavy atom. The first-order valence-electron chi connectivity index (χ1n) is 7.24. The van der Waals surface area contributed by atoms with Crippen LogP contribution < -0.4 is 0 Å². The third kappa shape index (κ3) is 4.60. The summed E-state index contributed by atoms with van der Waals surface area (Å²) in [7, 11) is 0. The van der Waals surface area contributed by atoms with Crippen LogP contribution in [0.15, 0.2) is 24.3 Å². The number of ether oxygens (including phenoxy) is 1. The van der Waals surface area contributed by atoms with Gasteiger partial charge in [0.2, 0.25) is 0 Å². The molecule has 2 rings (SSSR count). The molecule has 1 atom stereocenters. The van der Waals surface area contributed by atoms with Gasteiger partial charge in [0, 0.05) is 19.6 Å². The van der Waals surface area contributed by atoms with Gasteiger partial charge in [-0.3, -0.25) is 0 Å². The highest BCUT2D eigenvalue weighted by atomic mass is 16.5. The summed E-state index contributed by atoms with van der Waals surface area (Å²) >= 11 is 0. The third-order valence-electron chi connectivity index (χ3n) is 3.60. The van der Waals surface area contributed by atoms with Crippen molar-refractivity contribution in [1.29, 1.82) is 0 Å². The molecule has 0 saturated carbocycles. The van der Waals surface area contributed by atoms with E-state index in [1.807, 2.05) is 13.8 Å². The molecule has 0 spiro atoms. The molecule has 1 heterocycles. The minimum absolute atomic E-state index is 0.183. The molecule has 1 N–H and O–H groups in total. The van der Waals surface area contributed by atoms with Gasteiger partial charge in [0.25, 0.3) is 0 Å². The third-order valence-corrected chi connectivity index (χ3v) is 3.60. The molecule has 0 fully saturated rings. The summed E-state index contributed by atoms with van der Waals surface area (Å²) in [6.07, 6.45) is 1.95. The first-order valence-corrected chi connectivity index (χ1v) is 7.24. The van der Waals surface area contributed by atoms with Gasteiger partial charge in [0.1, 0.15) is 0 Å². The van der Waals surface area contributed by atoms with Gasteiger partial charge >= 0.3 is 0 Å². The maximum atomic E-state index is 9.99. The van der Waals surface area contributed by atoms with Crippen LogP contribution in [0.5, 0.6) is 0 Å². The summed E-state index contributed by atoms with van der Waals surface area (Å²) in [5.41, 5.74) is 2.91. The second-order valence-electron chi connectivity index (χ2n) is 5.61. The Morgan fingerprint density at radius 1 is 1.16 bits per heavy atom. The number of benzene rings is 1. The van der Waals surface area contributed by atoms with Gasteiger partial charge in [-0.25, -0.2) is 0 Å². The van der Waals surface area contributed by atoms with E-state index in [-0.39, 0.29) is 12.2 Å². The van der Waals surface area contributed by atoms with E-state index >= 15 is 0 Å². The summed E-state index contributed by atoms with van der Waals surface area (Å²) in [5.74, 6) is 0. The lowest BCUT2D eigenvalue weighted by Gasteiger charge is -2.23. The average Bonchev–Trinajstić information content (AvgIpc) is 2.59. The van der Waals surface area contributed by atoms with Gasteiger partial charge in [-0.1, -0.05) is 24.3 Å². The molecule has 1 aromatic rings. The zero-order valence-electron chi connectivity index (χ0n) is 12.0. The van der Waals surface area contributed by atoms with Crippen molar-refractivity contribution in [3.63, 3.8) is 0 Å². The Balaban J connectivity index is 1.81. The number of β-amino-alcohol motifs (C(OH)–C–C–N with tert-alkyl or cyclic N) is 1. The number of rotatable bonds is 5. The SMILES string of the molecule is CC(C)OCC(O)CN1CCc2ccccc2CC1. The molecule has 0 radical (unpaired) electrons. The molecule has 0 bridgehead atoms. The van der Waals surface area contributed by atoms with Crippen LogP contribution in [0.3, 0.4) is 0 Å². The maximum Gasteiger partial charge on any atom is 0.0900 e. The van der Waals surface area contributed by atoms with Crippen LogP contribution in [0.1, 0.15) is 25.0 Å². The average molecular weight is 263 g/mol. The molecule has 0 saturated heterocycles. The van der Waals surface area contributed by atoms with Crippen molar-refractivity contribution >= 4 is 0 Å². The van der Waals surface area contributed by atoms with Crippen LogP contribution in [0.4, 0.5) is 0 Å². The van der Waals surface area contributed by atoms with Gasteiger partial charge < -0.3 is 14.7 Å². The smallest absolute Gasteiger partial charge is 0.0900 e. The zero-order valence-corrected chi connectivity index (χ0v) is 12.0. The summed E-state index contributed by atoms with van der Waals surface area (Å²) < 4.78 is 5.46. The van der Waals surface area contributed by atoms with Crippen molar-refractivity contribution in [3.05, 3.63) is 35.4 Å². The highest BCUT2D eigenvalue weighted by molar-refractivity contribution is 5.28. The van der Waals surface area contributed by atoms with E-state index in [9.17, 15) is 5.11 Å². The van der Waals surface area contributed by atoms with Crippen molar-refractivity contribution in [3.8, 4) is 0 Å². The van der Waals surface area contributed by atoms with E-state index in [1.165, 1.54) is 11.1 Å². The van der Waals surface area contributed by atoms with Gasteiger partial charge in [0.05, 0.1) is 18.8 Å². The van der Waals surface area contributed by atoms with Crippen LogP contribution in [0.2, 0.25) is 0 Å². The zero-order chi connectivity index (χ0) is 13.7. The standard InChI is InChI=1S/C16H25NO2/c1-13(2)19-12-16(18)11-17-9-7-14-5-3-4-6-15(14)8-10-17/h3-6,13,16,18H,7-12H2,1-2H3. The van der Waals surface area contributed by atoms with E-state index in [0.29, 0.717) is 13.2 Å². The summed E-state index contributed by atoms with van der Waals surface area (Å²) in [6.45, 7) is 7.18. The molecule has 1 unspecified atom stereocenters. The molecule has 0 aliphatic carbocycles. The molecule has 106 valence electrons. The number of aliphatic hydroxyl groups excluding tert-OH is 1. The lowest BCUT2D eigenvalue weighted by atomic mass is 10.0. The number of hydrogen-bond donors (Lipinski definition) is 1. The molecule has 0 aromatic heterocycles. The summed E-state index contributed by atoms with van der Waals surface area (Å²) in [6, 6.07) is 8.66. The predicted molar refractivity (Wildman–Crippen MR) is 77.4 cm³/mol. The second-order valence-corrected chi connectivity index (χ2v) is 5.61. The van der Waals surface area contributed by atoms with Crippen LogP contribution >= 0.6 is 0 Å². The fourth-order valence-corrected chi connectivity index (χ4v) is 2.55. The lowest BCUT2D eigenvalue weighted by molar-refractivity contribution is -0.00796. The number of hydrogen-bond acceptors (Lipinski definition) is 3. The highest BCUT2D eigenvalue weighted by Crippen LogP contribution is 2.15. The van der Waals surface area contributed by atoms with Gasteiger partial charge in [-0.2, -0.15) is 0 Å². The van der Waals surface area contributed by atoms with Crippen LogP contribution in [-0.2, 0) is 17.6 Å². The summed E-state index contributed by atoms with van der Waals surface area (Å²) in [4.78, 5) is 2.34. The number of nitrogens with zero attached hydrogens (tertiary/aromatic N) is 1. The van der Waals surface area contributed by atoms with Gasteiger partial charge in [-0.15, -0.1) is 0 Å². The molecule has 3 heteroatoms. The molecule has 0 amide bonds. The van der Waals surface area contributed by atoms with E-state index in [1.54, 1.807) is 0 Å². The minimum atomic E-state index is -0.386. The minimum Gasteiger partial charge on any atom is -0.389 e.